The number of carbonyl (C=O) groups excluding carboxylic acids is 1. The van der Waals surface area contributed by atoms with E-state index in [1.807, 2.05) is 72.8 Å². The van der Waals surface area contributed by atoms with E-state index in [1.54, 1.807) is 12.3 Å². The second-order valence-electron chi connectivity index (χ2n) is 6.17. The summed E-state index contributed by atoms with van der Waals surface area (Å²) in [6.07, 6.45) is 1.71. The van der Waals surface area contributed by atoms with Gasteiger partial charge < -0.3 is 5.32 Å². The third-order valence-corrected chi connectivity index (χ3v) is 4.94. The summed E-state index contributed by atoms with van der Waals surface area (Å²) in [6, 6.07) is 24.8. The molecule has 6 heteroatoms. The summed E-state index contributed by atoms with van der Waals surface area (Å²) in [5.41, 5.74) is 3.00. The molecule has 2 aromatic heterocycles. The lowest BCUT2D eigenvalue weighted by atomic mass is 10.2. The minimum Gasteiger partial charge on any atom is -0.366 e. The topological polar surface area (TPSA) is 59.8 Å². The standard InChI is InChI=1S/C22H17BrN4O/c23-18-11-5-4-10-17(18)22(28)27-21(25-15-16-8-2-1-3-9-16)14-20(26-27)19-12-6-7-13-24-19/h1-14,25H,15H2. The van der Waals surface area contributed by atoms with Gasteiger partial charge in [0.25, 0.3) is 5.91 Å². The molecule has 28 heavy (non-hydrogen) atoms. The van der Waals surface area contributed by atoms with Gasteiger partial charge >= 0.3 is 0 Å². The molecule has 4 rings (SSSR count). The molecule has 4 aromatic rings. The lowest BCUT2D eigenvalue weighted by Gasteiger charge is -2.09. The van der Waals surface area contributed by atoms with E-state index < -0.39 is 0 Å². The predicted molar refractivity (Wildman–Crippen MR) is 113 cm³/mol. The van der Waals surface area contributed by atoms with Crippen molar-refractivity contribution >= 4 is 27.7 Å². The van der Waals surface area contributed by atoms with E-state index in [4.69, 9.17) is 0 Å². The Balaban J connectivity index is 1.71. The number of nitrogens with zero attached hydrogens (tertiary/aromatic N) is 3. The second-order valence-corrected chi connectivity index (χ2v) is 7.02. The van der Waals surface area contributed by atoms with E-state index in [-0.39, 0.29) is 5.91 Å². The first-order valence-electron chi connectivity index (χ1n) is 8.81. The number of hydrogen-bond donors (Lipinski definition) is 1. The fraction of sp³-hybridized carbons (Fsp3) is 0.0455. The lowest BCUT2D eigenvalue weighted by Crippen LogP contribution is -2.17. The largest absolute Gasteiger partial charge is 0.366 e. The normalized spacial score (nSPS) is 10.6. The first kappa shape index (κ1) is 18.1. The second kappa shape index (κ2) is 8.19. The van der Waals surface area contributed by atoms with E-state index in [0.29, 0.717) is 29.3 Å². The van der Waals surface area contributed by atoms with E-state index in [2.05, 4.69) is 31.3 Å². The SMILES string of the molecule is O=C(c1ccccc1Br)n1nc(-c2ccccn2)cc1NCc1ccccc1. The van der Waals surface area contributed by atoms with Crippen LogP contribution in [0.3, 0.4) is 0 Å². The molecule has 1 N–H and O–H groups in total. The van der Waals surface area contributed by atoms with Gasteiger partial charge in [0.2, 0.25) is 0 Å². The number of aromatic nitrogens is 3. The molecule has 0 saturated carbocycles. The molecule has 0 aliphatic heterocycles. The maximum atomic E-state index is 13.2. The molecule has 138 valence electrons. The molecule has 0 saturated heterocycles. The van der Waals surface area contributed by atoms with Crippen LogP contribution in [-0.4, -0.2) is 20.7 Å². The summed E-state index contributed by atoms with van der Waals surface area (Å²) >= 11 is 3.45. The average Bonchev–Trinajstić information content (AvgIpc) is 3.18. The first-order chi connectivity index (χ1) is 13.7. The van der Waals surface area contributed by atoms with Crippen LogP contribution in [0.25, 0.3) is 11.4 Å². The summed E-state index contributed by atoms with van der Waals surface area (Å²) < 4.78 is 2.12. The summed E-state index contributed by atoms with van der Waals surface area (Å²) in [7, 11) is 0. The van der Waals surface area contributed by atoms with Crippen molar-refractivity contribution in [2.24, 2.45) is 0 Å². The summed E-state index contributed by atoms with van der Waals surface area (Å²) in [5, 5.41) is 7.86. The van der Waals surface area contributed by atoms with Crippen LogP contribution >= 0.6 is 15.9 Å². The number of nitrogens with one attached hydrogen (secondary N) is 1. The van der Waals surface area contributed by atoms with Gasteiger partial charge in [0, 0.05) is 23.3 Å². The van der Waals surface area contributed by atoms with Crippen LogP contribution in [-0.2, 0) is 6.54 Å². The average molecular weight is 433 g/mol. The summed E-state index contributed by atoms with van der Waals surface area (Å²) in [5.74, 6) is 0.399. The summed E-state index contributed by atoms with van der Waals surface area (Å²) in [6.45, 7) is 0.581. The Morgan fingerprint density at radius 1 is 0.929 bits per heavy atom. The molecule has 5 nitrogen and oxygen atoms in total. The highest BCUT2D eigenvalue weighted by Crippen LogP contribution is 2.24. The zero-order valence-electron chi connectivity index (χ0n) is 14.9. The van der Waals surface area contributed by atoms with E-state index in [9.17, 15) is 4.79 Å². The number of rotatable bonds is 5. The van der Waals surface area contributed by atoms with Gasteiger partial charge in [0.15, 0.2) is 0 Å². The van der Waals surface area contributed by atoms with Crippen LogP contribution in [0.15, 0.2) is 89.5 Å². The van der Waals surface area contributed by atoms with Crippen LogP contribution in [0.4, 0.5) is 5.82 Å². The number of pyridine rings is 1. The molecular weight excluding hydrogens is 416 g/mol. The Morgan fingerprint density at radius 2 is 1.68 bits per heavy atom. The number of carbonyl (C=O) groups is 1. The molecule has 0 atom stereocenters. The maximum Gasteiger partial charge on any atom is 0.281 e. The Morgan fingerprint density at radius 3 is 2.43 bits per heavy atom. The van der Waals surface area contributed by atoms with Crippen LogP contribution < -0.4 is 5.32 Å². The Kier molecular flexibility index (Phi) is 5.30. The van der Waals surface area contributed by atoms with Crippen molar-refractivity contribution in [2.75, 3.05) is 5.32 Å². The highest BCUT2D eigenvalue weighted by molar-refractivity contribution is 9.10. The van der Waals surface area contributed by atoms with Crippen LogP contribution in [0, 0.1) is 0 Å². The van der Waals surface area contributed by atoms with Gasteiger partial charge in [-0.3, -0.25) is 9.78 Å². The number of halogens is 1. The van der Waals surface area contributed by atoms with Gasteiger partial charge in [0.05, 0.1) is 11.3 Å². The predicted octanol–water partition coefficient (Wildman–Crippen LogP) is 5.01. The number of anilines is 1. The maximum absolute atomic E-state index is 13.2. The quantitative estimate of drug-likeness (QED) is 0.481. The molecule has 0 aliphatic rings. The molecule has 0 amide bonds. The van der Waals surface area contributed by atoms with Gasteiger partial charge in [-0.2, -0.15) is 9.78 Å². The molecule has 0 spiro atoms. The van der Waals surface area contributed by atoms with Crippen LogP contribution in [0.5, 0.6) is 0 Å². The van der Waals surface area contributed by atoms with Gasteiger partial charge in [0.1, 0.15) is 11.5 Å². The minimum atomic E-state index is -0.217. The van der Waals surface area contributed by atoms with Crippen molar-refractivity contribution in [1.82, 2.24) is 14.8 Å². The lowest BCUT2D eigenvalue weighted by molar-refractivity contribution is 0.0947. The molecule has 0 unspecified atom stereocenters. The number of hydrogen-bond acceptors (Lipinski definition) is 4. The molecule has 0 fully saturated rings. The molecule has 0 radical (unpaired) electrons. The van der Waals surface area contributed by atoms with E-state index >= 15 is 0 Å². The van der Waals surface area contributed by atoms with Crippen molar-refractivity contribution in [3.63, 3.8) is 0 Å². The molecule has 0 aliphatic carbocycles. The third kappa shape index (κ3) is 3.87. The van der Waals surface area contributed by atoms with Gasteiger partial charge in [-0.15, -0.1) is 0 Å². The van der Waals surface area contributed by atoms with Gasteiger partial charge in [-0.25, -0.2) is 0 Å². The van der Waals surface area contributed by atoms with Gasteiger partial charge in [-0.05, 0) is 45.8 Å². The minimum absolute atomic E-state index is 0.217. The fourth-order valence-corrected chi connectivity index (χ4v) is 3.29. The Bertz CT molecular complexity index is 1090. The highest BCUT2D eigenvalue weighted by atomic mass is 79.9. The number of benzene rings is 2. The first-order valence-corrected chi connectivity index (χ1v) is 9.60. The van der Waals surface area contributed by atoms with Crippen molar-refractivity contribution in [2.45, 2.75) is 6.54 Å². The van der Waals surface area contributed by atoms with Crippen molar-refractivity contribution in [3.05, 3.63) is 101 Å². The fourth-order valence-electron chi connectivity index (χ4n) is 2.84. The van der Waals surface area contributed by atoms with Crippen LogP contribution in [0.2, 0.25) is 0 Å². The molecule has 2 aromatic carbocycles. The van der Waals surface area contributed by atoms with Crippen LogP contribution in [0.1, 0.15) is 15.9 Å². The third-order valence-electron chi connectivity index (χ3n) is 4.25. The van der Waals surface area contributed by atoms with Crippen molar-refractivity contribution in [1.29, 1.82) is 0 Å². The highest BCUT2D eigenvalue weighted by Gasteiger charge is 2.19. The van der Waals surface area contributed by atoms with Crippen molar-refractivity contribution in [3.8, 4) is 11.4 Å². The van der Waals surface area contributed by atoms with Gasteiger partial charge in [-0.1, -0.05) is 48.5 Å². The zero-order valence-corrected chi connectivity index (χ0v) is 16.5. The monoisotopic (exact) mass is 432 g/mol. The Hall–Kier alpha value is -3.25. The molecule has 0 bridgehead atoms. The van der Waals surface area contributed by atoms with E-state index in [0.717, 1.165) is 10.0 Å². The summed E-state index contributed by atoms with van der Waals surface area (Å²) in [4.78, 5) is 17.5. The Labute approximate surface area is 171 Å². The zero-order chi connectivity index (χ0) is 19.3. The van der Waals surface area contributed by atoms with E-state index in [1.165, 1.54) is 4.68 Å². The van der Waals surface area contributed by atoms with Crippen molar-refractivity contribution < 1.29 is 4.79 Å². The molecular formula is C22H17BrN4O. The smallest absolute Gasteiger partial charge is 0.281 e. The molecule has 2 heterocycles.